The molecule has 29 heavy (non-hydrogen) atoms. The molecule has 0 unspecified atom stereocenters. The molecule has 1 saturated heterocycles. The highest BCUT2D eigenvalue weighted by molar-refractivity contribution is 5.93. The average Bonchev–Trinajstić information content (AvgIpc) is 2.88. The summed E-state index contributed by atoms with van der Waals surface area (Å²) in [6, 6.07) is 0.297. The maximum Gasteiger partial charge on any atom is 0.224 e. The molecule has 1 N–H and O–H groups in total. The molecule has 3 aliphatic carbocycles. The Morgan fingerprint density at radius 2 is 1.76 bits per heavy atom. The maximum absolute atomic E-state index is 13.3. The first-order valence-electron chi connectivity index (χ1n) is 11.5. The van der Waals surface area contributed by atoms with Crippen LogP contribution in [0.2, 0.25) is 0 Å². The van der Waals surface area contributed by atoms with Crippen LogP contribution in [0.4, 0.5) is 0 Å². The summed E-state index contributed by atoms with van der Waals surface area (Å²) in [5.74, 6) is 1.25. The summed E-state index contributed by atoms with van der Waals surface area (Å²) in [6.45, 7) is 10.6. The molecule has 4 fully saturated rings. The van der Waals surface area contributed by atoms with Gasteiger partial charge in [-0.15, -0.1) is 0 Å². The summed E-state index contributed by atoms with van der Waals surface area (Å²) in [5, 5.41) is 3.14. The highest BCUT2D eigenvalue weighted by Gasteiger charge is 2.64. The number of ketones is 1. The van der Waals surface area contributed by atoms with Gasteiger partial charge >= 0.3 is 0 Å². The van der Waals surface area contributed by atoms with E-state index in [2.05, 4.69) is 19.2 Å². The van der Waals surface area contributed by atoms with Crippen molar-refractivity contribution >= 4 is 17.6 Å². The number of rotatable bonds is 1. The minimum atomic E-state index is -0.281. The third-order valence-electron chi connectivity index (χ3n) is 9.13. The summed E-state index contributed by atoms with van der Waals surface area (Å²) >= 11 is 0. The molecule has 0 aromatic rings. The van der Waals surface area contributed by atoms with Crippen molar-refractivity contribution in [3.05, 3.63) is 0 Å². The van der Waals surface area contributed by atoms with Crippen LogP contribution in [0.3, 0.4) is 0 Å². The number of hydrogen-bond acceptors (Lipinski definition) is 3. The summed E-state index contributed by atoms with van der Waals surface area (Å²) < 4.78 is 0. The van der Waals surface area contributed by atoms with Gasteiger partial charge in [0, 0.05) is 37.4 Å². The van der Waals surface area contributed by atoms with E-state index in [0.29, 0.717) is 36.5 Å². The number of fused-ring (bicyclic) bond motifs is 5. The van der Waals surface area contributed by atoms with Crippen molar-refractivity contribution in [2.75, 3.05) is 7.05 Å². The van der Waals surface area contributed by atoms with E-state index in [1.807, 2.05) is 32.7 Å². The molecule has 162 valence electrons. The quantitative estimate of drug-likeness (QED) is 0.729. The Morgan fingerprint density at radius 1 is 1.07 bits per heavy atom. The zero-order valence-electron chi connectivity index (χ0n) is 19.0. The largest absolute Gasteiger partial charge is 0.351 e. The van der Waals surface area contributed by atoms with E-state index in [9.17, 15) is 14.4 Å². The molecule has 0 bridgehead atoms. The van der Waals surface area contributed by atoms with Gasteiger partial charge in [0.05, 0.1) is 5.92 Å². The van der Waals surface area contributed by atoms with Crippen molar-refractivity contribution in [3.63, 3.8) is 0 Å². The second-order valence-electron chi connectivity index (χ2n) is 11.9. The fourth-order valence-electron chi connectivity index (χ4n) is 7.79. The van der Waals surface area contributed by atoms with Gasteiger partial charge in [0.1, 0.15) is 5.78 Å². The highest BCUT2D eigenvalue weighted by atomic mass is 16.2. The van der Waals surface area contributed by atoms with Gasteiger partial charge in [-0.3, -0.25) is 14.4 Å². The third-order valence-corrected chi connectivity index (χ3v) is 9.13. The number of hydrogen-bond donors (Lipinski definition) is 1. The van der Waals surface area contributed by atoms with Crippen molar-refractivity contribution in [3.8, 4) is 0 Å². The number of carbonyl (C=O) groups is 3. The first kappa shape index (κ1) is 20.9. The molecule has 5 heteroatoms. The SMILES string of the molecule is CN1C(=O)CC[C@]2(C)[C@H]3CC[C@@]4(C)[C@@H](C(=O)NC(C)(C)C)CC(=O)[C@H]4[C@@H]3CC[C@@H]12. The summed E-state index contributed by atoms with van der Waals surface area (Å²) in [4.78, 5) is 40.7. The van der Waals surface area contributed by atoms with Crippen molar-refractivity contribution < 1.29 is 14.4 Å². The molecule has 0 aromatic heterocycles. The van der Waals surface area contributed by atoms with E-state index in [1.54, 1.807) is 0 Å². The third kappa shape index (κ3) is 3.06. The van der Waals surface area contributed by atoms with Gasteiger partial charge < -0.3 is 10.2 Å². The zero-order chi connectivity index (χ0) is 21.4. The van der Waals surface area contributed by atoms with Gasteiger partial charge in [-0.25, -0.2) is 0 Å². The number of Topliss-reactive ketones (excluding diaryl/α,β-unsaturated/α-hetero) is 1. The molecule has 2 amide bonds. The van der Waals surface area contributed by atoms with Crippen LogP contribution in [0.15, 0.2) is 0 Å². The minimum absolute atomic E-state index is 0.00215. The molecule has 4 aliphatic rings. The van der Waals surface area contributed by atoms with Gasteiger partial charge in [0.2, 0.25) is 11.8 Å². The molecule has 3 saturated carbocycles. The Kier molecular flexibility index (Phi) is 4.71. The Balaban J connectivity index is 1.62. The maximum atomic E-state index is 13.3. The monoisotopic (exact) mass is 402 g/mol. The first-order chi connectivity index (χ1) is 13.4. The van der Waals surface area contributed by atoms with Crippen molar-refractivity contribution in [1.82, 2.24) is 10.2 Å². The van der Waals surface area contributed by atoms with E-state index in [-0.39, 0.29) is 40.0 Å². The van der Waals surface area contributed by atoms with Gasteiger partial charge in [-0.1, -0.05) is 13.8 Å². The number of piperidine rings is 1. The molecule has 4 rings (SSSR count). The Hall–Kier alpha value is -1.39. The van der Waals surface area contributed by atoms with Crippen LogP contribution in [0.1, 0.15) is 79.6 Å². The second-order valence-corrected chi connectivity index (χ2v) is 11.9. The molecule has 5 nitrogen and oxygen atoms in total. The molecular weight excluding hydrogens is 364 g/mol. The number of carbonyl (C=O) groups excluding carboxylic acids is 3. The number of nitrogens with one attached hydrogen (secondary N) is 1. The van der Waals surface area contributed by atoms with Crippen LogP contribution in [0.25, 0.3) is 0 Å². The number of amides is 2. The van der Waals surface area contributed by atoms with Crippen LogP contribution in [0, 0.1) is 34.5 Å². The Bertz CT molecular complexity index is 741. The predicted octanol–water partition coefficient (Wildman–Crippen LogP) is 3.56. The van der Waals surface area contributed by atoms with Crippen LogP contribution in [-0.2, 0) is 14.4 Å². The molecule has 0 spiro atoms. The lowest BCUT2D eigenvalue weighted by atomic mass is 9.46. The summed E-state index contributed by atoms with van der Waals surface area (Å²) in [5.41, 5.74) is -0.414. The smallest absolute Gasteiger partial charge is 0.224 e. The highest BCUT2D eigenvalue weighted by Crippen LogP contribution is 2.65. The number of nitrogens with zero attached hydrogens (tertiary/aromatic N) is 1. The van der Waals surface area contributed by atoms with Crippen molar-refractivity contribution in [1.29, 1.82) is 0 Å². The lowest BCUT2D eigenvalue weighted by molar-refractivity contribution is -0.162. The van der Waals surface area contributed by atoms with E-state index in [1.165, 1.54) is 0 Å². The minimum Gasteiger partial charge on any atom is -0.351 e. The Morgan fingerprint density at radius 3 is 2.41 bits per heavy atom. The normalized spacial score (nSPS) is 44.8. The van der Waals surface area contributed by atoms with E-state index in [4.69, 9.17) is 0 Å². The number of likely N-dealkylation sites (tertiary alicyclic amines) is 1. The standard InChI is InChI=1S/C24H38N2O3/c1-22(2,3)25-21(29)16-13-17(27)20-14-7-8-18-23(4,12-10-19(28)26(18)6)15(14)9-11-24(16,20)5/h14-16,18,20H,7-13H2,1-6H3,(H,25,29)/t14-,15+,16-,18-,20-,23-,24+/m1/s1. The van der Waals surface area contributed by atoms with Gasteiger partial charge in [-0.05, 0) is 75.5 Å². The second kappa shape index (κ2) is 6.55. The van der Waals surface area contributed by atoms with E-state index >= 15 is 0 Å². The van der Waals surface area contributed by atoms with Crippen molar-refractivity contribution in [2.45, 2.75) is 91.1 Å². The fourth-order valence-corrected chi connectivity index (χ4v) is 7.79. The first-order valence-corrected chi connectivity index (χ1v) is 11.5. The van der Waals surface area contributed by atoms with E-state index < -0.39 is 0 Å². The molecule has 0 radical (unpaired) electrons. The lowest BCUT2D eigenvalue weighted by Gasteiger charge is -2.61. The van der Waals surface area contributed by atoms with Gasteiger partial charge in [0.15, 0.2) is 0 Å². The van der Waals surface area contributed by atoms with Gasteiger partial charge in [-0.2, -0.15) is 0 Å². The molecule has 0 aromatic carbocycles. The van der Waals surface area contributed by atoms with Crippen LogP contribution >= 0.6 is 0 Å². The van der Waals surface area contributed by atoms with Crippen molar-refractivity contribution in [2.24, 2.45) is 34.5 Å². The molecule has 1 heterocycles. The summed E-state index contributed by atoms with van der Waals surface area (Å²) in [7, 11) is 1.96. The predicted molar refractivity (Wildman–Crippen MR) is 112 cm³/mol. The van der Waals surface area contributed by atoms with Crippen LogP contribution < -0.4 is 5.32 Å². The summed E-state index contributed by atoms with van der Waals surface area (Å²) in [6.07, 6.45) is 5.95. The lowest BCUT2D eigenvalue weighted by Crippen LogP contribution is -2.62. The topological polar surface area (TPSA) is 66.5 Å². The van der Waals surface area contributed by atoms with Crippen LogP contribution in [0.5, 0.6) is 0 Å². The van der Waals surface area contributed by atoms with Crippen LogP contribution in [-0.4, -0.2) is 41.1 Å². The van der Waals surface area contributed by atoms with Gasteiger partial charge in [0.25, 0.3) is 0 Å². The van der Waals surface area contributed by atoms with E-state index in [0.717, 1.165) is 32.1 Å². The fraction of sp³-hybridized carbons (Fsp3) is 0.875. The Labute approximate surface area is 175 Å². The molecular formula is C24H38N2O3. The molecule has 7 atom stereocenters. The average molecular weight is 403 g/mol. The molecule has 1 aliphatic heterocycles. The zero-order valence-corrected chi connectivity index (χ0v) is 19.0.